The predicted molar refractivity (Wildman–Crippen MR) is 176 cm³/mol. The van der Waals surface area contributed by atoms with Gasteiger partial charge in [0.2, 0.25) is 0 Å². The van der Waals surface area contributed by atoms with Crippen LogP contribution in [0.5, 0.6) is 5.75 Å². The zero-order valence-corrected chi connectivity index (χ0v) is 27.7. The molecular formula is C34H39N5O6Si. The third-order valence-electron chi connectivity index (χ3n) is 10.1. The maximum Gasteiger partial charge on any atom is 0.269 e. The van der Waals surface area contributed by atoms with Gasteiger partial charge in [-0.05, 0) is 35.7 Å². The molecule has 5 atom stereocenters. The van der Waals surface area contributed by atoms with Crippen LogP contribution in [0, 0.1) is 16.0 Å². The van der Waals surface area contributed by atoms with Gasteiger partial charge >= 0.3 is 0 Å². The van der Waals surface area contributed by atoms with Crippen molar-refractivity contribution in [3.63, 3.8) is 0 Å². The van der Waals surface area contributed by atoms with E-state index in [1.165, 1.54) is 17.3 Å². The number of non-ortho nitro benzene ring substituents is 1. The summed E-state index contributed by atoms with van der Waals surface area (Å²) < 4.78 is 14.2. The first-order valence-electron chi connectivity index (χ1n) is 15.5. The van der Waals surface area contributed by atoms with Crippen molar-refractivity contribution < 1.29 is 24.3 Å². The number of aliphatic hydroxyl groups is 1. The Labute approximate surface area is 268 Å². The van der Waals surface area contributed by atoms with E-state index in [2.05, 4.69) is 42.5 Å². The second-order valence-corrected chi connectivity index (χ2v) is 17.5. The van der Waals surface area contributed by atoms with Crippen molar-refractivity contribution in [2.75, 3.05) is 25.7 Å². The summed E-state index contributed by atoms with van der Waals surface area (Å²) in [5.41, 5.74) is 1.34. The Balaban J connectivity index is 1.37. The number of methoxy groups -OCH3 is 1. The van der Waals surface area contributed by atoms with Crippen molar-refractivity contribution in [1.82, 2.24) is 15.0 Å². The Bertz CT molecular complexity index is 1750. The van der Waals surface area contributed by atoms with Gasteiger partial charge in [0, 0.05) is 43.4 Å². The molecule has 0 bridgehead atoms. The van der Waals surface area contributed by atoms with Crippen LogP contribution in [-0.2, 0) is 21.7 Å². The number of rotatable bonds is 10. The Hall–Kier alpha value is -4.39. The lowest BCUT2D eigenvalue weighted by Gasteiger charge is -2.37. The molecule has 3 heterocycles. The molecule has 1 aromatic heterocycles. The van der Waals surface area contributed by atoms with Gasteiger partial charge in [0.05, 0.1) is 50.1 Å². The number of nitrogens with zero attached hydrogens (tertiary/aromatic N) is 5. The third-order valence-corrected chi connectivity index (χ3v) is 14.5. The first kappa shape index (κ1) is 31.6. The molecule has 0 saturated carbocycles. The van der Waals surface area contributed by atoms with Crippen molar-refractivity contribution in [3.05, 3.63) is 106 Å². The SMILES string of the molecule is COc1ccc([Si](C)(C)[C@@H]2[C@@H](CCn3cc(C(CO)c4ccccc4)nn3)O[C@]3(C(=O)N(C)c4ccc([N+](=O)[O-])cc43)[C@H]2C)cc1. The second-order valence-electron chi connectivity index (χ2n) is 12.8. The lowest BCUT2D eigenvalue weighted by molar-refractivity contribution is -0.385. The molecule has 12 heteroatoms. The Morgan fingerprint density at radius 3 is 2.50 bits per heavy atom. The van der Waals surface area contributed by atoms with Crippen LogP contribution in [-0.4, -0.2) is 65.9 Å². The minimum Gasteiger partial charge on any atom is -0.497 e. The molecule has 2 aliphatic heterocycles. The van der Waals surface area contributed by atoms with E-state index in [0.717, 1.165) is 11.3 Å². The van der Waals surface area contributed by atoms with E-state index in [-0.39, 0.29) is 41.7 Å². The number of hydrogen-bond donors (Lipinski definition) is 1. The highest BCUT2D eigenvalue weighted by atomic mass is 28.3. The number of hydrogen-bond acceptors (Lipinski definition) is 8. The van der Waals surface area contributed by atoms with Gasteiger partial charge in [0.25, 0.3) is 11.6 Å². The molecule has 1 saturated heterocycles. The number of benzene rings is 3. The Kier molecular flexibility index (Phi) is 8.30. The van der Waals surface area contributed by atoms with Gasteiger partial charge in [0.1, 0.15) is 5.75 Å². The van der Waals surface area contributed by atoms with E-state index in [1.807, 2.05) is 48.7 Å². The molecule has 0 aliphatic carbocycles. The van der Waals surface area contributed by atoms with E-state index in [1.54, 1.807) is 29.8 Å². The standard InChI is InChI=1S/C34H39N5O6Si/c1-22-32(46(4,5)26-14-12-25(44-3)13-15-26)31(17-18-38-20-29(35-36-38)27(21-40)23-9-7-6-8-10-23)45-34(22)28-19-24(39(42)43)11-16-30(28)37(2)33(34)41/h6-16,19-20,22,27,31-32,40H,17-18,21H2,1-5H3/t22-,27?,31+,32-,34+/m0/s1. The highest BCUT2D eigenvalue weighted by Gasteiger charge is 2.66. The summed E-state index contributed by atoms with van der Waals surface area (Å²) in [4.78, 5) is 27.2. The highest BCUT2D eigenvalue weighted by molar-refractivity contribution is 6.91. The largest absolute Gasteiger partial charge is 0.497 e. The number of aromatic nitrogens is 3. The maximum absolute atomic E-state index is 14.2. The topological polar surface area (TPSA) is 133 Å². The summed E-state index contributed by atoms with van der Waals surface area (Å²) >= 11 is 0. The van der Waals surface area contributed by atoms with Gasteiger partial charge < -0.3 is 19.5 Å². The molecule has 1 N–H and O–H groups in total. The summed E-state index contributed by atoms with van der Waals surface area (Å²) in [6.07, 6.45) is 2.05. The molecule has 1 fully saturated rings. The zero-order chi connectivity index (χ0) is 32.8. The van der Waals surface area contributed by atoms with Crippen LogP contribution in [0.4, 0.5) is 11.4 Å². The maximum atomic E-state index is 14.2. The number of fused-ring (bicyclic) bond motifs is 2. The molecule has 0 radical (unpaired) electrons. The van der Waals surface area contributed by atoms with Gasteiger partial charge in [-0.3, -0.25) is 19.6 Å². The number of ether oxygens (including phenoxy) is 2. The summed E-state index contributed by atoms with van der Waals surface area (Å²) in [6, 6.07) is 22.4. The molecule has 1 unspecified atom stereocenters. The van der Waals surface area contributed by atoms with Crippen molar-refractivity contribution >= 4 is 30.5 Å². The van der Waals surface area contributed by atoms with E-state index < -0.39 is 18.6 Å². The normalized spacial score (nSPS) is 23.1. The van der Waals surface area contributed by atoms with E-state index in [9.17, 15) is 20.0 Å². The van der Waals surface area contributed by atoms with Crippen molar-refractivity contribution in [2.45, 2.75) is 56.1 Å². The fourth-order valence-electron chi connectivity index (χ4n) is 7.69. The number of anilines is 1. The van der Waals surface area contributed by atoms with Crippen molar-refractivity contribution in [1.29, 1.82) is 0 Å². The highest BCUT2D eigenvalue weighted by Crippen LogP contribution is 2.60. The quantitative estimate of drug-likeness (QED) is 0.151. The van der Waals surface area contributed by atoms with Crippen LogP contribution in [0.3, 0.4) is 0 Å². The summed E-state index contributed by atoms with van der Waals surface area (Å²) in [6.45, 7) is 7.02. The summed E-state index contributed by atoms with van der Waals surface area (Å²) in [5, 5.41) is 32.0. The predicted octanol–water partition coefficient (Wildman–Crippen LogP) is 4.60. The lowest BCUT2D eigenvalue weighted by Crippen LogP contribution is -2.51. The number of carbonyl (C=O) groups is 1. The first-order chi connectivity index (χ1) is 22.0. The number of nitro groups is 1. The van der Waals surface area contributed by atoms with Gasteiger partial charge in [0.15, 0.2) is 5.60 Å². The smallest absolute Gasteiger partial charge is 0.269 e. The van der Waals surface area contributed by atoms with Crippen LogP contribution in [0.1, 0.15) is 36.1 Å². The lowest BCUT2D eigenvalue weighted by atomic mass is 9.82. The number of nitro benzene ring substituents is 1. The van der Waals surface area contributed by atoms with Crippen LogP contribution >= 0.6 is 0 Å². The molecule has 6 rings (SSSR count). The summed E-state index contributed by atoms with van der Waals surface area (Å²) in [5.74, 6) is -0.0132. The molecule has 11 nitrogen and oxygen atoms in total. The van der Waals surface area contributed by atoms with Crippen LogP contribution in [0.25, 0.3) is 0 Å². The molecule has 3 aromatic carbocycles. The Morgan fingerprint density at radius 2 is 1.85 bits per heavy atom. The fourth-order valence-corrected chi connectivity index (χ4v) is 11.7. The molecular weight excluding hydrogens is 602 g/mol. The van der Waals surface area contributed by atoms with Gasteiger partial charge in [-0.2, -0.15) is 0 Å². The van der Waals surface area contributed by atoms with E-state index >= 15 is 0 Å². The third kappa shape index (κ3) is 5.10. The van der Waals surface area contributed by atoms with Crippen molar-refractivity contribution in [3.8, 4) is 5.75 Å². The van der Waals surface area contributed by atoms with E-state index in [4.69, 9.17) is 9.47 Å². The van der Waals surface area contributed by atoms with Gasteiger partial charge in [-0.1, -0.05) is 72.9 Å². The number of carbonyl (C=O) groups excluding carboxylic acids is 1. The number of amides is 1. The summed E-state index contributed by atoms with van der Waals surface area (Å²) in [7, 11) is 0.968. The van der Waals surface area contributed by atoms with Crippen molar-refractivity contribution in [2.24, 2.45) is 5.92 Å². The average Bonchev–Trinajstić information content (AvgIpc) is 3.71. The van der Waals surface area contributed by atoms with Gasteiger partial charge in [-0.15, -0.1) is 5.10 Å². The molecule has 46 heavy (non-hydrogen) atoms. The number of aliphatic hydroxyl groups excluding tert-OH is 1. The molecule has 1 amide bonds. The average molecular weight is 642 g/mol. The first-order valence-corrected chi connectivity index (χ1v) is 18.6. The van der Waals surface area contributed by atoms with Gasteiger partial charge in [-0.25, -0.2) is 0 Å². The van der Waals surface area contributed by atoms with Crippen LogP contribution in [0.2, 0.25) is 18.6 Å². The van der Waals surface area contributed by atoms with Crippen LogP contribution < -0.4 is 14.8 Å². The molecule has 240 valence electrons. The van der Waals surface area contributed by atoms with E-state index in [0.29, 0.717) is 29.9 Å². The zero-order valence-electron chi connectivity index (χ0n) is 26.7. The van der Waals surface area contributed by atoms with Crippen LogP contribution in [0.15, 0.2) is 79.0 Å². The minimum atomic E-state index is -2.37. The second kappa shape index (κ2) is 12.1. The minimum absolute atomic E-state index is 0.0269. The molecule has 1 spiro atoms. The number of likely N-dealkylation sites (N-methyl/N-ethyl adjacent to an activating group) is 1. The number of aryl methyl sites for hydroxylation is 1. The molecule has 2 aliphatic rings. The fraction of sp³-hybridized carbons (Fsp3) is 0.382. The molecule has 4 aromatic rings. The Morgan fingerprint density at radius 1 is 1.13 bits per heavy atom. The monoisotopic (exact) mass is 641 g/mol.